The summed E-state index contributed by atoms with van der Waals surface area (Å²) in [5.41, 5.74) is 9.23. The number of nitrogens with two attached hydrogens (primary N) is 1. The highest BCUT2D eigenvalue weighted by Crippen LogP contribution is 2.24. The second-order valence-electron chi connectivity index (χ2n) is 14.9. The fraction of sp³-hybridized carbons (Fsp3) is 0.605. The molecule has 3 aromatic heterocycles. The molecule has 1 aliphatic heterocycles. The van der Waals surface area contributed by atoms with E-state index in [1.54, 1.807) is 23.2 Å². The van der Waals surface area contributed by atoms with Crippen LogP contribution < -0.4 is 15.6 Å². The first-order chi connectivity index (χ1) is 28.1. The number of aromatic nitrogens is 5. The van der Waals surface area contributed by atoms with Gasteiger partial charge < -0.3 is 72.0 Å². The molecular weight excluding hydrogens is 774 g/mol. The van der Waals surface area contributed by atoms with Gasteiger partial charge in [-0.15, -0.1) is 0 Å². The minimum Gasteiger partial charge on any atom is -0.394 e. The topological polar surface area (TPSA) is 331 Å². The molecule has 4 aromatic rings. The van der Waals surface area contributed by atoms with Gasteiger partial charge in [-0.1, -0.05) is 0 Å². The SMILES string of the molecule is CCn1c(CCNC(=O)c2nc3cc[nH]c3nc2N)[n+](CC)c2ccc(C(=O)N3CCC(N(C[C@H](O)[C@@H](O)[C@H](O)[C@H](O)CO)C[C@H](O)[C@@H](O)[C@H](O)[C@H](O)CO)CC3)cc21. The number of benzene rings is 1. The number of aliphatic hydroxyl groups is 10. The number of likely N-dealkylation sites (tertiary alicyclic amines) is 1. The number of nitrogens with zero attached hydrogens (tertiary/aromatic N) is 6. The van der Waals surface area contributed by atoms with Gasteiger partial charge in [0.25, 0.3) is 17.6 Å². The molecule has 21 nitrogen and oxygen atoms in total. The number of fused-ring (bicyclic) bond motifs is 2. The average molecular weight is 833 g/mol. The van der Waals surface area contributed by atoms with E-state index in [4.69, 9.17) is 5.73 Å². The molecule has 21 heteroatoms. The van der Waals surface area contributed by atoms with E-state index in [2.05, 4.69) is 29.4 Å². The Morgan fingerprint density at radius 3 is 2.05 bits per heavy atom. The Hall–Kier alpha value is -4.39. The summed E-state index contributed by atoms with van der Waals surface area (Å²) in [7, 11) is 0. The van der Waals surface area contributed by atoms with Gasteiger partial charge in [0.15, 0.2) is 28.2 Å². The average Bonchev–Trinajstić information content (AvgIpc) is 3.84. The number of H-pyrrole nitrogens is 1. The van der Waals surface area contributed by atoms with Crippen molar-refractivity contribution in [2.45, 2.75) is 101 Å². The molecule has 326 valence electrons. The standard InChI is InChI=1S/C38H57N9O12/c1-3-46-23-6-5-20(15-24(23)47(4-2)29(46)8-12-41-37(58)30-35(39)43-36-22(42-30)7-11-40-36)38(59)44-13-9-21(10-14-44)45(16-25(50)31(54)33(56)27(52)18-48)17-26(51)32(55)34(57)28(53)19-49/h5-7,11,15,21,25-28,31-34,48-57H,3-4,8-10,12-14,16-19H2,1-2H3,(H3-,39,40,41,42,43,58)/p+1/t25-,26-,27+,28+,31+,32+,33+,34+/m0/s1. The minimum absolute atomic E-state index is 0.0138. The number of carbonyl (C=O) groups is 2. The van der Waals surface area contributed by atoms with Crippen molar-refractivity contribution in [1.29, 1.82) is 0 Å². The molecule has 0 unspecified atom stereocenters. The Balaban J connectivity index is 1.28. The van der Waals surface area contributed by atoms with Crippen LogP contribution in [0.5, 0.6) is 0 Å². The smallest absolute Gasteiger partial charge is 0.273 e. The molecule has 14 N–H and O–H groups in total. The molecular formula is C38H58N9O12+. The van der Waals surface area contributed by atoms with Crippen molar-refractivity contribution in [3.8, 4) is 0 Å². The van der Waals surface area contributed by atoms with Crippen molar-refractivity contribution >= 4 is 39.8 Å². The highest BCUT2D eigenvalue weighted by Gasteiger charge is 2.38. The summed E-state index contributed by atoms with van der Waals surface area (Å²) in [6, 6.07) is 6.74. The zero-order chi connectivity index (χ0) is 43.1. The van der Waals surface area contributed by atoms with E-state index in [1.807, 2.05) is 26.0 Å². The molecule has 1 aliphatic rings. The summed E-state index contributed by atoms with van der Waals surface area (Å²) in [5.74, 6) is 0.270. The predicted molar refractivity (Wildman–Crippen MR) is 211 cm³/mol. The second-order valence-corrected chi connectivity index (χ2v) is 14.9. The van der Waals surface area contributed by atoms with Gasteiger partial charge in [-0.2, -0.15) is 0 Å². The molecule has 1 fully saturated rings. The van der Waals surface area contributed by atoms with Gasteiger partial charge in [-0.05, 0) is 44.9 Å². The maximum atomic E-state index is 14.0. The third-order valence-corrected chi connectivity index (χ3v) is 11.1. The predicted octanol–water partition coefficient (Wildman–Crippen LogP) is -4.43. The van der Waals surface area contributed by atoms with Gasteiger partial charge in [0, 0.05) is 56.6 Å². The summed E-state index contributed by atoms with van der Waals surface area (Å²) in [6.45, 7) is 3.44. The lowest BCUT2D eigenvalue weighted by molar-refractivity contribution is -0.676. The third kappa shape index (κ3) is 10.2. The first-order valence-electron chi connectivity index (χ1n) is 19.8. The number of carbonyl (C=O) groups excluding carboxylic acids is 2. The maximum absolute atomic E-state index is 14.0. The van der Waals surface area contributed by atoms with Crippen LogP contribution in [-0.2, 0) is 19.5 Å². The number of anilines is 1. The lowest BCUT2D eigenvalue weighted by atomic mass is 9.97. The van der Waals surface area contributed by atoms with E-state index in [0.29, 0.717) is 49.1 Å². The van der Waals surface area contributed by atoms with Crippen molar-refractivity contribution in [1.82, 2.24) is 34.6 Å². The fourth-order valence-electron chi connectivity index (χ4n) is 7.73. The number of aryl methyl sites for hydroxylation is 2. The number of rotatable bonds is 20. The van der Waals surface area contributed by atoms with E-state index in [1.165, 1.54) is 4.90 Å². The zero-order valence-electron chi connectivity index (χ0n) is 33.1. The molecule has 59 heavy (non-hydrogen) atoms. The molecule has 0 spiro atoms. The molecule has 0 saturated carbocycles. The Morgan fingerprint density at radius 1 is 0.898 bits per heavy atom. The summed E-state index contributed by atoms with van der Waals surface area (Å²) in [6.07, 6.45) is -11.8. The number of imidazole rings is 1. The Kier molecular flexibility index (Phi) is 15.7. The zero-order valence-corrected chi connectivity index (χ0v) is 33.1. The monoisotopic (exact) mass is 832 g/mol. The van der Waals surface area contributed by atoms with E-state index in [9.17, 15) is 60.7 Å². The summed E-state index contributed by atoms with van der Waals surface area (Å²) >= 11 is 0. The van der Waals surface area contributed by atoms with Crippen molar-refractivity contribution in [2.75, 3.05) is 51.7 Å². The lowest BCUT2D eigenvalue weighted by Crippen LogP contribution is -2.56. The summed E-state index contributed by atoms with van der Waals surface area (Å²) in [5, 5.41) is 104. The van der Waals surface area contributed by atoms with Crippen LogP contribution in [-0.4, -0.2) is 193 Å². The van der Waals surface area contributed by atoms with Gasteiger partial charge in [0.05, 0.1) is 44.9 Å². The minimum atomic E-state index is -1.91. The van der Waals surface area contributed by atoms with E-state index >= 15 is 0 Å². The van der Waals surface area contributed by atoms with Crippen molar-refractivity contribution in [3.63, 3.8) is 0 Å². The quantitative estimate of drug-likeness (QED) is 0.0374. The third-order valence-electron chi connectivity index (χ3n) is 11.1. The van der Waals surface area contributed by atoms with Crippen molar-refractivity contribution in [2.24, 2.45) is 0 Å². The molecule has 0 bridgehead atoms. The maximum Gasteiger partial charge on any atom is 0.273 e. The van der Waals surface area contributed by atoms with Crippen molar-refractivity contribution < 1.29 is 65.2 Å². The number of piperidine rings is 1. The van der Waals surface area contributed by atoms with E-state index < -0.39 is 87.1 Å². The van der Waals surface area contributed by atoms with Crippen molar-refractivity contribution in [3.05, 3.63) is 47.5 Å². The lowest BCUT2D eigenvalue weighted by Gasteiger charge is -2.41. The van der Waals surface area contributed by atoms with Gasteiger partial charge in [0.1, 0.15) is 42.1 Å². The molecule has 0 aliphatic carbocycles. The summed E-state index contributed by atoms with van der Waals surface area (Å²) < 4.78 is 4.22. The molecule has 5 rings (SSSR count). The van der Waals surface area contributed by atoms with Crippen LogP contribution in [0, 0.1) is 0 Å². The molecule has 1 saturated heterocycles. The van der Waals surface area contributed by atoms with Crippen LogP contribution in [0.15, 0.2) is 30.5 Å². The Morgan fingerprint density at radius 2 is 1.49 bits per heavy atom. The second kappa shape index (κ2) is 20.2. The fourth-order valence-corrected chi connectivity index (χ4v) is 7.73. The molecule has 1 aromatic carbocycles. The summed E-state index contributed by atoms with van der Waals surface area (Å²) in [4.78, 5) is 41.6. The van der Waals surface area contributed by atoms with Gasteiger partial charge in [-0.25, -0.2) is 19.1 Å². The van der Waals surface area contributed by atoms with Crippen LogP contribution in [0.1, 0.15) is 53.4 Å². The molecule has 0 radical (unpaired) electrons. The normalized spacial score (nSPS) is 18.2. The number of nitrogen functional groups attached to an aromatic ring is 1. The largest absolute Gasteiger partial charge is 0.394 e. The Labute approximate surface area is 339 Å². The molecule has 2 amide bonds. The van der Waals surface area contributed by atoms with Gasteiger partial charge in [-0.3, -0.25) is 14.5 Å². The van der Waals surface area contributed by atoms with Crippen LogP contribution in [0.2, 0.25) is 0 Å². The number of amides is 2. The number of aliphatic hydroxyl groups excluding tert-OH is 10. The number of nitrogens with one attached hydrogen (secondary N) is 2. The van der Waals surface area contributed by atoms with Crippen LogP contribution in [0.4, 0.5) is 5.82 Å². The first kappa shape index (κ1) is 45.7. The Bertz CT molecular complexity index is 1990. The van der Waals surface area contributed by atoms with Crippen LogP contribution >= 0.6 is 0 Å². The molecule has 8 atom stereocenters. The van der Waals surface area contributed by atoms with Gasteiger partial charge >= 0.3 is 0 Å². The first-order valence-corrected chi connectivity index (χ1v) is 19.8. The van der Waals surface area contributed by atoms with E-state index in [-0.39, 0.29) is 37.1 Å². The van der Waals surface area contributed by atoms with E-state index in [0.717, 1.165) is 16.9 Å². The van der Waals surface area contributed by atoms with Gasteiger partial charge in [0.2, 0.25) is 0 Å². The molecule has 4 heterocycles. The highest BCUT2D eigenvalue weighted by atomic mass is 16.4. The number of aromatic amines is 1. The van der Waals surface area contributed by atoms with Crippen LogP contribution in [0.3, 0.4) is 0 Å². The highest BCUT2D eigenvalue weighted by molar-refractivity contribution is 5.98. The number of hydrogen-bond donors (Lipinski definition) is 13. The number of hydrogen-bond acceptors (Lipinski definition) is 16. The van der Waals surface area contributed by atoms with Crippen LogP contribution in [0.25, 0.3) is 22.2 Å².